The van der Waals surface area contributed by atoms with Gasteiger partial charge in [-0.25, -0.2) is 4.79 Å². The van der Waals surface area contributed by atoms with Gasteiger partial charge in [0.05, 0.1) is 0 Å². The summed E-state index contributed by atoms with van der Waals surface area (Å²) in [5, 5.41) is 11.9. The van der Waals surface area contributed by atoms with Gasteiger partial charge in [-0.15, -0.1) is 0 Å². The minimum atomic E-state index is -1.02. The van der Waals surface area contributed by atoms with Gasteiger partial charge >= 0.3 is 11.9 Å². The standard InChI is InChI=1S/C43H72N2O5/c1-3-5-7-9-11-13-14-15-16-17-18-19-20-21-23-25-31-37-42(47)50-39(33-28-24-22-12-10-8-6-4-2)34-29-26-27-30-36-41(46)45-40(43(48)49)35-32-38-44/h5-8,11-13,15-16,22,28,33,39-40H,3-4,9-10,14,17-21,23-27,29-32,34-38,44H2,1-2H3,(H,45,46)(H,48,49)/b7-5-,8-6-,13-11-,16-15-,22-12-,33-28-. The van der Waals surface area contributed by atoms with Crippen molar-refractivity contribution in [3.8, 4) is 0 Å². The number of hydrogen-bond donors (Lipinski definition) is 3. The fourth-order valence-corrected chi connectivity index (χ4v) is 5.34. The van der Waals surface area contributed by atoms with Gasteiger partial charge in [-0.2, -0.15) is 0 Å². The Labute approximate surface area is 305 Å². The van der Waals surface area contributed by atoms with E-state index in [4.69, 9.17) is 10.5 Å². The van der Waals surface area contributed by atoms with Crippen molar-refractivity contribution in [2.45, 2.75) is 174 Å². The van der Waals surface area contributed by atoms with E-state index in [-0.39, 0.29) is 18.0 Å². The molecule has 50 heavy (non-hydrogen) atoms. The molecule has 2 atom stereocenters. The zero-order valence-corrected chi connectivity index (χ0v) is 31.7. The van der Waals surface area contributed by atoms with Crippen LogP contribution in [0.15, 0.2) is 72.9 Å². The smallest absolute Gasteiger partial charge is 0.326 e. The van der Waals surface area contributed by atoms with Gasteiger partial charge in [0.1, 0.15) is 12.1 Å². The molecule has 0 aliphatic heterocycles. The number of aliphatic carboxylic acids is 1. The van der Waals surface area contributed by atoms with Crippen molar-refractivity contribution in [1.29, 1.82) is 0 Å². The molecule has 0 aromatic heterocycles. The molecule has 7 nitrogen and oxygen atoms in total. The molecule has 1 amide bonds. The largest absolute Gasteiger partial charge is 0.480 e. The van der Waals surface area contributed by atoms with Crippen molar-refractivity contribution < 1.29 is 24.2 Å². The van der Waals surface area contributed by atoms with E-state index in [1.807, 2.05) is 6.08 Å². The Morgan fingerprint density at radius 3 is 1.68 bits per heavy atom. The fourth-order valence-electron chi connectivity index (χ4n) is 5.34. The molecular formula is C43H72N2O5. The molecule has 2 unspecified atom stereocenters. The van der Waals surface area contributed by atoms with Crippen LogP contribution in [0.5, 0.6) is 0 Å². The van der Waals surface area contributed by atoms with E-state index >= 15 is 0 Å². The molecular weight excluding hydrogens is 624 g/mol. The van der Waals surface area contributed by atoms with Gasteiger partial charge in [0, 0.05) is 12.8 Å². The van der Waals surface area contributed by atoms with Crippen LogP contribution in [0.25, 0.3) is 0 Å². The Hall–Kier alpha value is -3.19. The Morgan fingerprint density at radius 2 is 1.10 bits per heavy atom. The first-order chi connectivity index (χ1) is 24.4. The quantitative estimate of drug-likeness (QED) is 0.0350. The number of hydrogen-bond acceptors (Lipinski definition) is 5. The molecule has 0 radical (unpaired) electrons. The van der Waals surface area contributed by atoms with Gasteiger partial charge in [-0.05, 0) is 103 Å². The maximum atomic E-state index is 12.7. The molecule has 7 heteroatoms. The van der Waals surface area contributed by atoms with Crippen LogP contribution >= 0.6 is 0 Å². The topological polar surface area (TPSA) is 119 Å². The number of unbranched alkanes of at least 4 members (excludes halogenated alkanes) is 10. The van der Waals surface area contributed by atoms with E-state index in [1.165, 1.54) is 25.7 Å². The summed E-state index contributed by atoms with van der Waals surface area (Å²) in [4.78, 5) is 36.2. The van der Waals surface area contributed by atoms with Crippen molar-refractivity contribution in [3.05, 3.63) is 72.9 Å². The van der Waals surface area contributed by atoms with E-state index in [0.717, 1.165) is 89.9 Å². The lowest BCUT2D eigenvalue weighted by atomic mass is 10.1. The summed E-state index contributed by atoms with van der Waals surface area (Å²) in [7, 11) is 0. The predicted molar refractivity (Wildman–Crippen MR) is 211 cm³/mol. The minimum Gasteiger partial charge on any atom is -0.480 e. The van der Waals surface area contributed by atoms with Crippen LogP contribution in [0.3, 0.4) is 0 Å². The van der Waals surface area contributed by atoms with Gasteiger partial charge < -0.3 is 20.9 Å². The van der Waals surface area contributed by atoms with E-state index < -0.39 is 12.0 Å². The monoisotopic (exact) mass is 697 g/mol. The van der Waals surface area contributed by atoms with Gasteiger partial charge in [-0.1, -0.05) is 126 Å². The molecule has 0 spiro atoms. The number of esters is 1. The molecule has 0 aromatic carbocycles. The summed E-state index contributed by atoms with van der Waals surface area (Å²) in [6.45, 7) is 4.68. The van der Waals surface area contributed by atoms with Gasteiger partial charge in [0.25, 0.3) is 0 Å². The van der Waals surface area contributed by atoms with Gasteiger partial charge in [-0.3, -0.25) is 9.59 Å². The lowest BCUT2D eigenvalue weighted by Gasteiger charge is -2.15. The van der Waals surface area contributed by atoms with Crippen molar-refractivity contribution >= 4 is 17.8 Å². The fraction of sp³-hybridized carbons (Fsp3) is 0.651. The summed E-state index contributed by atoms with van der Waals surface area (Å²) in [5.74, 6) is -1.39. The summed E-state index contributed by atoms with van der Waals surface area (Å²) >= 11 is 0. The third kappa shape index (κ3) is 33.3. The van der Waals surface area contributed by atoms with Crippen LogP contribution in [0.1, 0.15) is 162 Å². The SMILES string of the molecule is CC/C=C\C/C=C\C/C=C\CCCCCCCCCC(=O)OC(/C=C\C/C=C\C/C=C\CC)CCCCCCC(=O)NC(CCCN)C(=O)O. The number of ether oxygens (including phenoxy) is 1. The molecule has 0 saturated carbocycles. The molecule has 4 N–H and O–H groups in total. The summed E-state index contributed by atoms with van der Waals surface area (Å²) in [6, 6.07) is -0.880. The van der Waals surface area contributed by atoms with Crippen molar-refractivity contribution in [2.75, 3.05) is 6.54 Å². The zero-order valence-electron chi connectivity index (χ0n) is 31.7. The highest BCUT2D eigenvalue weighted by Crippen LogP contribution is 2.15. The summed E-state index contributed by atoms with van der Waals surface area (Å²) in [5.41, 5.74) is 5.47. The number of nitrogens with two attached hydrogens (primary N) is 1. The first kappa shape index (κ1) is 46.8. The van der Waals surface area contributed by atoms with Crippen LogP contribution in [-0.4, -0.2) is 41.6 Å². The van der Waals surface area contributed by atoms with E-state index in [2.05, 4.69) is 86.0 Å². The maximum absolute atomic E-state index is 12.7. The zero-order chi connectivity index (χ0) is 36.8. The second-order valence-corrected chi connectivity index (χ2v) is 12.9. The third-order valence-corrected chi connectivity index (χ3v) is 8.25. The van der Waals surface area contributed by atoms with Gasteiger partial charge in [0.2, 0.25) is 5.91 Å². The second kappa shape index (κ2) is 37.1. The van der Waals surface area contributed by atoms with E-state index in [1.54, 1.807) is 0 Å². The molecule has 284 valence electrons. The molecule has 0 heterocycles. The van der Waals surface area contributed by atoms with Crippen LogP contribution < -0.4 is 11.1 Å². The molecule has 0 saturated heterocycles. The van der Waals surface area contributed by atoms with Crippen LogP contribution in [0.4, 0.5) is 0 Å². The highest BCUT2D eigenvalue weighted by Gasteiger charge is 2.19. The number of carboxylic acids is 1. The number of amides is 1. The number of carboxylic acid groups (broad SMARTS) is 1. The number of nitrogens with one attached hydrogen (secondary N) is 1. The third-order valence-electron chi connectivity index (χ3n) is 8.25. The highest BCUT2D eigenvalue weighted by atomic mass is 16.5. The Bertz CT molecular complexity index is 1010. The number of allylic oxidation sites excluding steroid dienone is 11. The summed E-state index contributed by atoms with van der Waals surface area (Å²) < 4.78 is 5.88. The molecule has 0 rings (SSSR count). The van der Waals surface area contributed by atoms with Crippen LogP contribution in [0.2, 0.25) is 0 Å². The Morgan fingerprint density at radius 1 is 0.600 bits per heavy atom. The lowest BCUT2D eigenvalue weighted by molar-refractivity contribution is -0.147. The van der Waals surface area contributed by atoms with Crippen LogP contribution in [-0.2, 0) is 19.1 Å². The highest BCUT2D eigenvalue weighted by molar-refractivity contribution is 5.83. The van der Waals surface area contributed by atoms with Gasteiger partial charge in [0.15, 0.2) is 0 Å². The summed E-state index contributed by atoms with van der Waals surface area (Å²) in [6.07, 6.45) is 46.8. The molecule has 0 bridgehead atoms. The Balaban J connectivity index is 4.34. The Kier molecular flexibility index (Phi) is 34.7. The first-order valence-electron chi connectivity index (χ1n) is 19.8. The predicted octanol–water partition coefficient (Wildman–Crippen LogP) is 10.8. The minimum absolute atomic E-state index is 0.127. The lowest BCUT2D eigenvalue weighted by Crippen LogP contribution is -2.40. The van der Waals surface area contributed by atoms with Crippen molar-refractivity contribution in [1.82, 2.24) is 5.32 Å². The maximum Gasteiger partial charge on any atom is 0.326 e. The number of carbonyl (C=O) groups excluding carboxylic acids is 2. The first-order valence-corrected chi connectivity index (χ1v) is 19.8. The molecule has 0 aromatic rings. The molecule has 0 aliphatic carbocycles. The van der Waals surface area contributed by atoms with Crippen molar-refractivity contribution in [2.24, 2.45) is 5.73 Å². The molecule has 0 aliphatic rings. The number of carbonyl (C=O) groups is 3. The van der Waals surface area contributed by atoms with E-state index in [0.29, 0.717) is 38.6 Å². The molecule has 0 fully saturated rings. The average molecular weight is 697 g/mol. The van der Waals surface area contributed by atoms with Crippen molar-refractivity contribution in [3.63, 3.8) is 0 Å². The second-order valence-electron chi connectivity index (χ2n) is 12.9. The average Bonchev–Trinajstić information content (AvgIpc) is 3.10. The van der Waals surface area contributed by atoms with Crippen LogP contribution in [0, 0.1) is 0 Å². The van der Waals surface area contributed by atoms with E-state index in [9.17, 15) is 19.5 Å². The normalized spacial score (nSPS) is 13.5. The number of rotatable bonds is 34.